The van der Waals surface area contributed by atoms with E-state index in [1.165, 1.54) is 7.11 Å². The Balaban J connectivity index is 1.63. The molecule has 3 aliphatic rings. The maximum atomic E-state index is 13.6. The van der Waals surface area contributed by atoms with Crippen LogP contribution in [-0.4, -0.2) is 60.2 Å². The molecule has 1 saturated heterocycles. The van der Waals surface area contributed by atoms with Crippen molar-refractivity contribution in [1.82, 2.24) is 9.47 Å². The number of aromatic nitrogens is 1. The first-order valence-electron chi connectivity index (χ1n) is 12.4. The number of benzene rings is 1. The number of esters is 1. The van der Waals surface area contributed by atoms with Gasteiger partial charge < -0.3 is 14.2 Å². The van der Waals surface area contributed by atoms with Crippen LogP contribution in [0.5, 0.6) is 5.75 Å². The summed E-state index contributed by atoms with van der Waals surface area (Å²) in [5, 5.41) is 1.02. The van der Waals surface area contributed by atoms with Gasteiger partial charge in [0.15, 0.2) is 0 Å². The Kier molecular flexibility index (Phi) is 5.90. The number of hydrogen-bond donors (Lipinski definition) is 0. The molecule has 0 unspecified atom stereocenters. The van der Waals surface area contributed by atoms with Gasteiger partial charge >= 0.3 is 12.1 Å². The third-order valence-corrected chi connectivity index (χ3v) is 7.83. The van der Waals surface area contributed by atoms with Crippen molar-refractivity contribution in [2.45, 2.75) is 58.1 Å². The summed E-state index contributed by atoms with van der Waals surface area (Å²) >= 11 is 0. The predicted octanol–water partition coefficient (Wildman–Crippen LogP) is 4.12. The van der Waals surface area contributed by atoms with Gasteiger partial charge in [0.1, 0.15) is 17.1 Å². The van der Waals surface area contributed by atoms with Crippen molar-refractivity contribution < 1.29 is 28.6 Å². The molecule has 5 rings (SSSR count). The average Bonchev–Trinajstić information content (AvgIpc) is 3.14. The summed E-state index contributed by atoms with van der Waals surface area (Å²) in [7, 11) is 3.00. The summed E-state index contributed by atoms with van der Waals surface area (Å²) in [5.41, 5.74) is 2.21. The van der Waals surface area contributed by atoms with Gasteiger partial charge in [-0.05, 0) is 63.1 Å². The van der Waals surface area contributed by atoms with E-state index >= 15 is 0 Å². The Morgan fingerprint density at radius 1 is 1.11 bits per heavy atom. The molecular weight excluding hydrogens is 448 g/mol. The van der Waals surface area contributed by atoms with E-state index in [0.29, 0.717) is 18.6 Å². The van der Waals surface area contributed by atoms with Crippen LogP contribution < -0.4 is 4.74 Å². The molecule has 1 aromatic carbocycles. The van der Waals surface area contributed by atoms with E-state index in [1.54, 1.807) is 11.7 Å². The van der Waals surface area contributed by atoms with Crippen molar-refractivity contribution in [2.24, 2.45) is 17.8 Å². The maximum absolute atomic E-state index is 13.6. The number of piperidine rings is 1. The molecular formula is C27H34N2O6. The van der Waals surface area contributed by atoms with E-state index in [4.69, 9.17) is 14.2 Å². The average molecular weight is 483 g/mol. The Labute approximate surface area is 205 Å². The van der Waals surface area contributed by atoms with Gasteiger partial charge in [-0.3, -0.25) is 14.5 Å². The van der Waals surface area contributed by atoms with Gasteiger partial charge in [-0.25, -0.2) is 9.36 Å². The maximum Gasteiger partial charge on any atom is 0.419 e. The van der Waals surface area contributed by atoms with E-state index in [2.05, 4.69) is 4.90 Å². The highest BCUT2D eigenvalue weighted by molar-refractivity contribution is 5.95. The molecule has 2 aliphatic heterocycles. The van der Waals surface area contributed by atoms with Gasteiger partial charge in [0.05, 0.1) is 37.4 Å². The lowest BCUT2D eigenvalue weighted by molar-refractivity contribution is -0.155. The fourth-order valence-corrected chi connectivity index (χ4v) is 6.44. The lowest BCUT2D eigenvalue weighted by atomic mass is 9.65. The molecule has 2 fully saturated rings. The second kappa shape index (κ2) is 8.66. The van der Waals surface area contributed by atoms with E-state index in [1.807, 2.05) is 39.0 Å². The molecule has 3 heterocycles. The Morgan fingerprint density at radius 3 is 2.57 bits per heavy atom. The minimum Gasteiger partial charge on any atom is -0.497 e. The van der Waals surface area contributed by atoms with Crippen molar-refractivity contribution in [1.29, 1.82) is 0 Å². The normalized spacial score (nSPS) is 26.5. The minimum absolute atomic E-state index is 0.0342. The number of Topliss-reactive ketones (excluding diaryl/α,β-unsaturated/α-hetero) is 1. The van der Waals surface area contributed by atoms with Crippen LogP contribution in [0.4, 0.5) is 4.79 Å². The van der Waals surface area contributed by atoms with Crippen LogP contribution in [-0.2, 0) is 25.5 Å². The summed E-state index contributed by atoms with van der Waals surface area (Å²) in [6.07, 6.45) is 1.82. The number of ether oxygens (including phenoxy) is 3. The topological polar surface area (TPSA) is 87.1 Å². The molecule has 0 radical (unpaired) electrons. The Hall–Kier alpha value is -2.87. The monoisotopic (exact) mass is 482 g/mol. The number of methoxy groups -OCH3 is 2. The van der Waals surface area contributed by atoms with Gasteiger partial charge in [0.25, 0.3) is 0 Å². The molecule has 4 atom stereocenters. The van der Waals surface area contributed by atoms with Gasteiger partial charge in [0.2, 0.25) is 0 Å². The molecule has 0 amide bonds. The predicted molar refractivity (Wildman–Crippen MR) is 129 cm³/mol. The molecule has 188 valence electrons. The fourth-order valence-electron chi connectivity index (χ4n) is 6.44. The van der Waals surface area contributed by atoms with Gasteiger partial charge in [-0.2, -0.15) is 0 Å². The van der Waals surface area contributed by atoms with E-state index in [-0.39, 0.29) is 36.1 Å². The molecule has 0 N–H and O–H groups in total. The minimum atomic E-state index is -0.648. The van der Waals surface area contributed by atoms with Crippen LogP contribution in [0.3, 0.4) is 0 Å². The van der Waals surface area contributed by atoms with Crippen LogP contribution in [0.1, 0.15) is 57.3 Å². The zero-order valence-electron chi connectivity index (χ0n) is 21.1. The Bertz CT molecular complexity index is 1190. The summed E-state index contributed by atoms with van der Waals surface area (Å²) in [6.45, 7) is 7.16. The highest BCUT2D eigenvalue weighted by Gasteiger charge is 2.49. The summed E-state index contributed by atoms with van der Waals surface area (Å²) in [6, 6.07) is 5.78. The molecule has 2 aromatic rings. The molecule has 1 aromatic heterocycles. The quantitative estimate of drug-likeness (QED) is 0.595. The third kappa shape index (κ3) is 4.11. The number of ketones is 1. The lowest BCUT2D eigenvalue weighted by Crippen LogP contribution is -2.52. The van der Waals surface area contributed by atoms with Crippen LogP contribution in [0.2, 0.25) is 0 Å². The number of carbonyl (C=O) groups excluding carboxylic acids is 3. The molecule has 8 nitrogen and oxygen atoms in total. The van der Waals surface area contributed by atoms with Crippen molar-refractivity contribution in [2.75, 3.05) is 27.3 Å². The number of hydrogen-bond acceptors (Lipinski definition) is 7. The largest absolute Gasteiger partial charge is 0.497 e. The van der Waals surface area contributed by atoms with Crippen LogP contribution in [0, 0.1) is 17.8 Å². The van der Waals surface area contributed by atoms with E-state index in [9.17, 15) is 14.4 Å². The molecule has 1 saturated carbocycles. The first-order valence-corrected chi connectivity index (χ1v) is 12.4. The zero-order chi connectivity index (χ0) is 25.1. The van der Waals surface area contributed by atoms with Crippen molar-refractivity contribution in [3.8, 4) is 5.75 Å². The lowest BCUT2D eigenvalue weighted by Gasteiger charge is -2.49. The zero-order valence-corrected chi connectivity index (χ0v) is 21.1. The first kappa shape index (κ1) is 23.9. The molecule has 0 spiro atoms. The summed E-state index contributed by atoms with van der Waals surface area (Å²) in [4.78, 5) is 41.1. The van der Waals surface area contributed by atoms with Crippen molar-refractivity contribution in [3.05, 3.63) is 29.5 Å². The van der Waals surface area contributed by atoms with Crippen LogP contribution >= 0.6 is 0 Å². The van der Waals surface area contributed by atoms with Crippen LogP contribution in [0.15, 0.2) is 18.2 Å². The van der Waals surface area contributed by atoms with Gasteiger partial charge in [-0.15, -0.1) is 0 Å². The number of carbonyl (C=O) groups is 3. The number of fused-ring (bicyclic) bond motifs is 6. The van der Waals surface area contributed by atoms with Crippen molar-refractivity contribution in [3.63, 3.8) is 0 Å². The first-order chi connectivity index (χ1) is 16.6. The summed E-state index contributed by atoms with van der Waals surface area (Å²) in [5.74, 6) is 0.222. The van der Waals surface area contributed by atoms with E-state index in [0.717, 1.165) is 41.7 Å². The summed E-state index contributed by atoms with van der Waals surface area (Å²) < 4.78 is 18.1. The SMILES string of the molecule is COC(=O)[C@H]1CC(=O)C[C@H]2CN3CCc4c(n(C(=O)OC(C)(C)C)c5cc(OC)ccc45)[C@@H]3C[C@H]21. The molecule has 0 bridgehead atoms. The molecule has 1 aliphatic carbocycles. The standard InChI is InChI=1S/C27H34N2O6/c1-27(2,3)35-26(32)29-22-12-17(33-4)6-7-18(22)19-8-9-28-14-15-10-16(30)11-21(25(31)34-5)20(15)13-23(28)24(19)29/h6-7,12,15,20-21,23H,8-11,13-14H2,1-5H3/t15-,20+,21-,23-/m0/s1. The number of rotatable bonds is 2. The number of nitrogens with zero attached hydrogens (tertiary/aromatic N) is 2. The fraction of sp³-hybridized carbons (Fsp3) is 0.593. The molecule has 35 heavy (non-hydrogen) atoms. The van der Waals surface area contributed by atoms with Crippen LogP contribution in [0.25, 0.3) is 10.9 Å². The van der Waals surface area contributed by atoms with Gasteiger partial charge in [-0.1, -0.05) is 0 Å². The Morgan fingerprint density at radius 2 is 1.89 bits per heavy atom. The van der Waals surface area contributed by atoms with Crippen molar-refractivity contribution >= 4 is 28.7 Å². The van der Waals surface area contributed by atoms with E-state index < -0.39 is 17.6 Å². The third-order valence-electron chi connectivity index (χ3n) is 7.83. The molecule has 8 heteroatoms. The highest BCUT2D eigenvalue weighted by Crippen LogP contribution is 2.49. The van der Waals surface area contributed by atoms with Gasteiger partial charge in [0, 0.05) is 37.4 Å². The highest BCUT2D eigenvalue weighted by atomic mass is 16.6. The second-order valence-corrected chi connectivity index (χ2v) is 11.1. The second-order valence-electron chi connectivity index (χ2n) is 11.1. The smallest absolute Gasteiger partial charge is 0.419 e.